The molecule has 4 N–H and O–H groups in total. The SMILES string of the molecule is Cc1ccnc(N(CCO)CCO)c1N. The van der Waals surface area contributed by atoms with E-state index < -0.39 is 0 Å². The van der Waals surface area contributed by atoms with E-state index in [1.165, 1.54) is 0 Å². The molecule has 0 aliphatic carbocycles. The second kappa shape index (κ2) is 5.53. The number of anilines is 2. The van der Waals surface area contributed by atoms with Crippen LogP contribution in [0.5, 0.6) is 0 Å². The first-order chi connectivity index (χ1) is 7.20. The fourth-order valence-electron chi connectivity index (χ4n) is 1.37. The highest BCUT2D eigenvalue weighted by Gasteiger charge is 2.11. The summed E-state index contributed by atoms with van der Waals surface area (Å²) in [5.74, 6) is 0.623. The zero-order valence-corrected chi connectivity index (χ0v) is 8.85. The van der Waals surface area contributed by atoms with Crippen LogP contribution in [0, 0.1) is 6.92 Å². The van der Waals surface area contributed by atoms with Crippen LogP contribution in [0.15, 0.2) is 12.3 Å². The molecule has 0 atom stereocenters. The lowest BCUT2D eigenvalue weighted by Gasteiger charge is -2.23. The van der Waals surface area contributed by atoms with Gasteiger partial charge in [0.2, 0.25) is 0 Å². The molecule has 1 aromatic heterocycles. The van der Waals surface area contributed by atoms with Gasteiger partial charge in [-0.1, -0.05) is 0 Å². The number of nitrogen functional groups attached to an aromatic ring is 1. The first-order valence-electron chi connectivity index (χ1n) is 4.88. The number of aliphatic hydroxyl groups excluding tert-OH is 2. The maximum absolute atomic E-state index is 8.89. The Morgan fingerprint density at radius 2 is 1.93 bits per heavy atom. The molecule has 0 spiro atoms. The summed E-state index contributed by atoms with van der Waals surface area (Å²) in [6.07, 6.45) is 1.67. The normalized spacial score (nSPS) is 10.3. The van der Waals surface area contributed by atoms with Crippen molar-refractivity contribution in [3.05, 3.63) is 17.8 Å². The molecule has 0 saturated carbocycles. The molecule has 0 fully saturated rings. The van der Waals surface area contributed by atoms with Crippen molar-refractivity contribution in [1.82, 2.24) is 4.98 Å². The molecule has 0 radical (unpaired) electrons. The highest BCUT2D eigenvalue weighted by atomic mass is 16.3. The highest BCUT2D eigenvalue weighted by molar-refractivity contribution is 5.66. The van der Waals surface area contributed by atoms with E-state index >= 15 is 0 Å². The van der Waals surface area contributed by atoms with Crippen LogP contribution >= 0.6 is 0 Å². The number of aliphatic hydroxyl groups is 2. The Balaban J connectivity index is 2.94. The number of rotatable bonds is 5. The predicted molar refractivity (Wildman–Crippen MR) is 59.8 cm³/mol. The van der Waals surface area contributed by atoms with Crippen molar-refractivity contribution in [1.29, 1.82) is 0 Å². The van der Waals surface area contributed by atoms with Gasteiger partial charge in [-0.3, -0.25) is 0 Å². The maximum Gasteiger partial charge on any atom is 0.152 e. The lowest BCUT2D eigenvalue weighted by atomic mass is 10.2. The second-order valence-electron chi connectivity index (χ2n) is 3.30. The van der Waals surface area contributed by atoms with E-state index in [2.05, 4.69) is 4.98 Å². The van der Waals surface area contributed by atoms with Gasteiger partial charge in [0.15, 0.2) is 5.82 Å². The van der Waals surface area contributed by atoms with Crippen molar-refractivity contribution >= 4 is 11.5 Å². The van der Waals surface area contributed by atoms with Crippen molar-refractivity contribution in [3.8, 4) is 0 Å². The minimum atomic E-state index is 0.00899. The average molecular weight is 211 g/mol. The number of nitrogens with zero attached hydrogens (tertiary/aromatic N) is 2. The Bertz CT molecular complexity index is 312. The molecule has 0 aliphatic heterocycles. The number of pyridine rings is 1. The summed E-state index contributed by atoms with van der Waals surface area (Å²) in [5, 5.41) is 17.8. The van der Waals surface area contributed by atoms with Gasteiger partial charge in [-0.25, -0.2) is 4.98 Å². The minimum Gasteiger partial charge on any atom is -0.396 e. The molecule has 84 valence electrons. The van der Waals surface area contributed by atoms with E-state index in [1.54, 1.807) is 11.1 Å². The molecule has 0 saturated heterocycles. The summed E-state index contributed by atoms with van der Waals surface area (Å²) in [6.45, 7) is 2.75. The number of hydrogen-bond acceptors (Lipinski definition) is 5. The lowest BCUT2D eigenvalue weighted by Crippen LogP contribution is -2.31. The maximum atomic E-state index is 8.89. The zero-order chi connectivity index (χ0) is 11.3. The standard InChI is InChI=1S/C10H17N3O2/c1-8-2-3-12-10(9(8)11)13(4-6-14)5-7-15/h2-3,14-15H,4-7,11H2,1H3. The quantitative estimate of drug-likeness (QED) is 0.626. The molecule has 15 heavy (non-hydrogen) atoms. The van der Waals surface area contributed by atoms with Crippen molar-refractivity contribution < 1.29 is 10.2 Å². The Morgan fingerprint density at radius 3 is 2.47 bits per heavy atom. The van der Waals surface area contributed by atoms with E-state index in [0.29, 0.717) is 24.6 Å². The minimum absolute atomic E-state index is 0.00899. The lowest BCUT2D eigenvalue weighted by molar-refractivity contribution is 0.281. The summed E-state index contributed by atoms with van der Waals surface area (Å²) in [6, 6.07) is 1.83. The van der Waals surface area contributed by atoms with Crippen LogP contribution in [0.2, 0.25) is 0 Å². The van der Waals surface area contributed by atoms with Crippen molar-refractivity contribution in [2.75, 3.05) is 36.9 Å². The smallest absolute Gasteiger partial charge is 0.152 e. The van der Waals surface area contributed by atoms with Gasteiger partial charge in [0, 0.05) is 19.3 Å². The Morgan fingerprint density at radius 1 is 1.33 bits per heavy atom. The molecule has 1 heterocycles. The van der Waals surface area contributed by atoms with Gasteiger partial charge in [-0.2, -0.15) is 0 Å². The summed E-state index contributed by atoms with van der Waals surface area (Å²) in [4.78, 5) is 5.92. The van der Waals surface area contributed by atoms with Crippen LogP contribution in [0.3, 0.4) is 0 Å². The summed E-state index contributed by atoms with van der Waals surface area (Å²) in [7, 11) is 0. The Hall–Kier alpha value is -1.33. The molecule has 1 rings (SSSR count). The van der Waals surface area contributed by atoms with Crippen molar-refractivity contribution in [3.63, 3.8) is 0 Å². The second-order valence-corrected chi connectivity index (χ2v) is 3.30. The third-order valence-corrected chi connectivity index (χ3v) is 2.23. The molecule has 5 nitrogen and oxygen atoms in total. The molecule has 0 unspecified atom stereocenters. The molecule has 0 amide bonds. The topological polar surface area (TPSA) is 82.6 Å². The number of aryl methyl sites for hydroxylation is 1. The molecule has 0 aromatic carbocycles. The van der Waals surface area contributed by atoms with Crippen LogP contribution in [0.1, 0.15) is 5.56 Å². The zero-order valence-electron chi connectivity index (χ0n) is 8.85. The van der Waals surface area contributed by atoms with Crippen LogP contribution in [-0.4, -0.2) is 41.5 Å². The fraction of sp³-hybridized carbons (Fsp3) is 0.500. The van der Waals surface area contributed by atoms with E-state index in [0.717, 1.165) is 5.56 Å². The number of nitrogens with two attached hydrogens (primary N) is 1. The van der Waals surface area contributed by atoms with Gasteiger partial charge in [0.1, 0.15) is 0 Å². The molecular weight excluding hydrogens is 194 g/mol. The molecule has 0 aliphatic rings. The highest BCUT2D eigenvalue weighted by Crippen LogP contribution is 2.22. The summed E-state index contributed by atoms with van der Waals surface area (Å²) >= 11 is 0. The van der Waals surface area contributed by atoms with E-state index in [9.17, 15) is 0 Å². The van der Waals surface area contributed by atoms with Crippen LogP contribution in [-0.2, 0) is 0 Å². The van der Waals surface area contributed by atoms with Crippen LogP contribution < -0.4 is 10.6 Å². The Kier molecular flexibility index (Phi) is 4.33. The Labute approximate surface area is 89.2 Å². The van der Waals surface area contributed by atoms with Crippen molar-refractivity contribution in [2.24, 2.45) is 0 Å². The van der Waals surface area contributed by atoms with Crippen LogP contribution in [0.25, 0.3) is 0 Å². The molecule has 1 aromatic rings. The van der Waals surface area contributed by atoms with Gasteiger partial charge in [0.05, 0.1) is 18.9 Å². The third kappa shape index (κ3) is 2.81. The first kappa shape index (κ1) is 11.7. The predicted octanol–water partition coefficient (Wildman–Crippen LogP) is -0.237. The third-order valence-electron chi connectivity index (χ3n) is 2.23. The monoisotopic (exact) mass is 211 g/mol. The van der Waals surface area contributed by atoms with Gasteiger partial charge >= 0.3 is 0 Å². The van der Waals surface area contributed by atoms with Gasteiger partial charge in [0.25, 0.3) is 0 Å². The fourth-order valence-corrected chi connectivity index (χ4v) is 1.37. The van der Waals surface area contributed by atoms with Crippen LogP contribution in [0.4, 0.5) is 11.5 Å². The number of hydrogen-bond donors (Lipinski definition) is 3. The number of aromatic nitrogens is 1. The first-order valence-corrected chi connectivity index (χ1v) is 4.88. The molecular formula is C10H17N3O2. The van der Waals surface area contributed by atoms with E-state index in [-0.39, 0.29) is 13.2 Å². The summed E-state index contributed by atoms with van der Waals surface area (Å²) < 4.78 is 0. The molecule has 0 bridgehead atoms. The average Bonchev–Trinajstić information content (AvgIpc) is 2.22. The van der Waals surface area contributed by atoms with Gasteiger partial charge in [-0.15, -0.1) is 0 Å². The van der Waals surface area contributed by atoms with E-state index in [4.69, 9.17) is 15.9 Å². The summed E-state index contributed by atoms with van der Waals surface area (Å²) in [5.41, 5.74) is 7.42. The van der Waals surface area contributed by atoms with Crippen molar-refractivity contribution in [2.45, 2.75) is 6.92 Å². The van der Waals surface area contributed by atoms with Gasteiger partial charge < -0.3 is 20.8 Å². The largest absolute Gasteiger partial charge is 0.396 e. The molecule has 5 heteroatoms. The van der Waals surface area contributed by atoms with Gasteiger partial charge in [-0.05, 0) is 18.6 Å². The van der Waals surface area contributed by atoms with E-state index in [1.807, 2.05) is 13.0 Å².